The van der Waals surface area contributed by atoms with Gasteiger partial charge in [0, 0.05) is 40.3 Å². The summed E-state index contributed by atoms with van der Waals surface area (Å²) in [5.74, 6) is 0.457. The standard InChI is InChI=1S/C22H25N7O5/c1-25-18-17(20(32)26(2)22(25)33)23-21(24-18)28-10-8-27(9-11-28)14-12-16(30)29(19(14)31)13-6-4-5-7-15(13)34-3/h4-7,14H,8-12H2,1-3H3,(H,23,24). The summed E-state index contributed by atoms with van der Waals surface area (Å²) in [4.78, 5) is 63.3. The van der Waals surface area contributed by atoms with E-state index >= 15 is 0 Å². The fourth-order valence-corrected chi connectivity index (χ4v) is 4.68. The van der Waals surface area contributed by atoms with Gasteiger partial charge in [-0.15, -0.1) is 0 Å². The number of para-hydroxylation sites is 2. The zero-order valence-electron chi connectivity index (χ0n) is 19.1. The summed E-state index contributed by atoms with van der Waals surface area (Å²) in [6.07, 6.45) is 0.111. The second-order valence-electron chi connectivity index (χ2n) is 8.45. The Balaban J connectivity index is 1.33. The lowest BCUT2D eigenvalue weighted by molar-refractivity contribution is -0.123. The Morgan fingerprint density at radius 2 is 1.71 bits per heavy atom. The molecule has 1 aromatic carbocycles. The number of aryl methyl sites for hydroxylation is 1. The van der Waals surface area contributed by atoms with E-state index in [1.54, 1.807) is 31.3 Å². The van der Waals surface area contributed by atoms with Crippen molar-refractivity contribution >= 4 is 34.6 Å². The van der Waals surface area contributed by atoms with Crippen molar-refractivity contribution in [1.82, 2.24) is 24.0 Å². The third-order valence-corrected chi connectivity index (χ3v) is 6.59. The number of H-pyrrole nitrogens is 1. The molecule has 12 heteroatoms. The number of piperazine rings is 1. The van der Waals surface area contributed by atoms with Crippen LogP contribution in [0.2, 0.25) is 0 Å². The minimum Gasteiger partial charge on any atom is -0.495 e. The fraction of sp³-hybridized carbons (Fsp3) is 0.409. The highest BCUT2D eigenvalue weighted by Gasteiger charge is 2.44. The molecule has 2 amide bonds. The smallest absolute Gasteiger partial charge is 0.332 e. The number of imide groups is 1. The van der Waals surface area contributed by atoms with Gasteiger partial charge in [-0.1, -0.05) is 12.1 Å². The lowest BCUT2D eigenvalue weighted by Gasteiger charge is -2.36. The molecule has 0 radical (unpaired) electrons. The number of ether oxygens (including phenoxy) is 1. The molecule has 0 bridgehead atoms. The quantitative estimate of drug-likeness (QED) is 0.506. The molecule has 4 heterocycles. The predicted octanol–water partition coefficient (Wildman–Crippen LogP) is -0.577. The minimum atomic E-state index is -0.539. The maximum Gasteiger partial charge on any atom is 0.332 e. The van der Waals surface area contributed by atoms with Gasteiger partial charge >= 0.3 is 5.69 Å². The molecular formula is C22H25N7O5. The molecule has 5 rings (SSSR count). The van der Waals surface area contributed by atoms with E-state index in [0.29, 0.717) is 49.2 Å². The van der Waals surface area contributed by atoms with Gasteiger partial charge in [0.2, 0.25) is 11.9 Å². The number of carbonyl (C=O) groups is 2. The molecule has 1 unspecified atom stereocenters. The number of imidazole rings is 1. The van der Waals surface area contributed by atoms with E-state index in [2.05, 4.69) is 9.97 Å². The topological polar surface area (TPSA) is 126 Å². The van der Waals surface area contributed by atoms with Gasteiger partial charge in [-0.25, -0.2) is 9.69 Å². The van der Waals surface area contributed by atoms with Crippen LogP contribution >= 0.6 is 0 Å². The molecule has 178 valence electrons. The number of nitrogens with zero attached hydrogens (tertiary/aromatic N) is 6. The molecule has 12 nitrogen and oxygen atoms in total. The molecule has 1 N–H and O–H groups in total. The number of hydrogen-bond acceptors (Lipinski definition) is 8. The Hall–Kier alpha value is -3.93. The number of methoxy groups -OCH3 is 1. The molecule has 3 aromatic rings. The molecule has 2 saturated heterocycles. The number of aromatic amines is 1. The first kappa shape index (κ1) is 21.9. The number of hydrogen-bond donors (Lipinski definition) is 1. The third kappa shape index (κ3) is 3.29. The molecule has 0 spiro atoms. The van der Waals surface area contributed by atoms with Crippen LogP contribution in [0.25, 0.3) is 11.2 Å². The summed E-state index contributed by atoms with van der Waals surface area (Å²) in [7, 11) is 4.51. The van der Waals surface area contributed by atoms with E-state index in [-0.39, 0.29) is 23.8 Å². The van der Waals surface area contributed by atoms with Crippen molar-refractivity contribution in [1.29, 1.82) is 0 Å². The summed E-state index contributed by atoms with van der Waals surface area (Å²) in [5.41, 5.74) is 0.155. The average Bonchev–Trinajstić information content (AvgIpc) is 3.43. The van der Waals surface area contributed by atoms with E-state index in [1.165, 1.54) is 23.6 Å². The van der Waals surface area contributed by atoms with Crippen molar-refractivity contribution < 1.29 is 14.3 Å². The van der Waals surface area contributed by atoms with Gasteiger partial charge in [0.05, 0.1) is 25.3 Å². The molecule has 0 aliphatic carbocycles. The van der Waals surface area contributed by atoms with Crippen molar-refractivity contribution in [2.45, 2.75) is 12.5 Å². The summed E-state index contributed by atoms with van der Waals surface area (Å²) in [5, 5.41) is 0. The van der Waals surface area contributed by atoms with Crippen LogP contribution in [0.3, 0.4) is 0 Å². The monoisotopic (exact) mass is 467 g/mol. The highest BCUT2D eigenvalue weighted by Crippen LogP contribution is 2.33. The molecule has 1 atom stereocenters. The zero-order chi connectivity index (χ0) is 24.1. The first-order chi connectivity index (χ1) is 16.3. The zero-order valence-corrected chi connectivity index (χ0v) is 19.1. The maximum absolute atomic E-state index is 13.2. The van der Waals surface area contributed by atoms with E-state index in [9.17, 15) is 19.2 Å². The van der Waals surface area contributed by atoms with Crippen molar-refractivity contribution in [3.8, 4) is 5.75 Å². The Morgan fingerprint density at radius 1 is 1.00 bits per heavy atom. The van der Waals surface area contributed by atoms with Gasteiger partial charge in [0.25, 0.3) is 11.5 Å². The van der Waals surface area contributed by atoms with Crippen molar-refractivity contribution in [2.24, 2.45) is 14.1 Å². The predicted molar refractivity (Wildman–Crippen MR) is 124 cm³/mol. The van der Waals surface area contributed by atoms with Crippen LogP contribution in [-0.4, -0.2) is 75.1 Å². The lowest BCUT2D eigenvalue weighted by atomic mass is 10.2. The van der Waals surface area contributed by atoms with Gasteiger partial charge in [0.1, 0.15) is 5.75 Å². The Bertz CT molecular complexity index is 1410. The van der Waals surface area contributed by atoms with Gasteiger partial charge in [-0.2, -0.15) is 4.98 Å². The minimum absolute atomic E-state index is 0.111. The number of fused-ring (bicyclic) bond motifs is 1. The molecule has 2 fully saturated rings. The number of carbonyl (C=O) groups excluding carboxylic acids is 2. The Kier molecular flexibility index (Phi) is 5.24. The molecule has 2 aliphatic heterocycles. The average molecular weight is 467 g/mol. The van der Waals surface area contributed by atoms with Crippen LogP contribution in [0, 0.1) is 0 Å². The highest BCUT2D eigenvalue weighted by atomic mass is 16.5. The maximum atomic E-state index is 13.2. The summed E-state index contributed by atoms with van der Waals surface area (Å²) >= 11 is 0. The van der Waals surface area contributed by atoms with Gasteiger partial charge in [0.15, 0.2) is 11.2 Å². The largest absolute Gasteiger partial charge is 0.495 e. The fourth-order valence-electron chi connectivity index (χ4n) is 4.68. The number of rotatable bonds is 4. The molecular weight excluding hydrogens is 442 g/mol. The molecule has 2 aromatic heterocycles. The second-order valence-corrected chi connectivity index (χ2v) is 8.45. The molecule has 0 saturated carbocycles. The first-order valence-electron chi connectivity index (χ1n) is 11.0. The van der Waals surface area contributed by atoms with Crippen LogP contribution in [-0.2, 0) is 23.7 Å². The second kappa shape index (κ2) is 8.13. The number of anilines is 2. The summed E-state index contributed by atoms with van der Waals surface area (Å²) in [6, 6.07) is 6.44. The number of nitrogens with one attached hydrogen (secondary N) is 1. The van der Waals surface area contributed by atoms with E-state index in [1.807, 2.05) is 9.80 Å². The first-order valence-corrected chi connectivity index (χ1v) is 11.0. The van der Waals surface area contributed by atoms with Gasteiger partial charge in [-0.05, 0) is 12.1 Å². The third-order valence-electron chi connectivity index (χ3n) is 6.59. The van der Waals surface area contributed by atoms with Crippen LogP contribution in [0.4, 0.5) is 11.6 Å². The van der Waals surface area contributed by atoms with Gasteiger partial charge < -0.3 is 14.6 Å². The molecule has 34 heavy (non-hydrogen) atoms. The highest BCUT2D eigenvalue weighted by molar-refractivity contribution is 6.23. The summed E-state index contributed by atoms with van der Waals surface area (Å²) < 4.78 is 7.71. The number of aromatic nitrogens is 4. The lowest BCUT2D eigenvalue weighted by Crippen LogP contribution is -2.53. The van der Waals surface area contributed by atoms with Crippen molar-refractivity contribution in [2.75, 3.05) is 43.1 Å². The van der Waals surface area contributed by atoms with Crippen LogP contribution in [0.5, 0.6) is 5.75 Å². The SMILES string of the molecule is COc1ccccc1N1C(=O)CC(N2CCN(c3nc4c([nH]3)c(=O)n(C)c(=O)n4C)CC2)C1=O. The van der Waals surface area contributed by atoms with E-state index in [0.717, 1.165) is 4.57 Å². The summed E-state index contributed by atoms with van der Waals surface area (Å²) in [6.45, 7) is 2.16. The van der Waals surface area contributed by atoms with E-state index < -0.39 is 17.3 Å². The Labute approximate surface area is 194 Å². The van der Waals surface area contributed by atoms with Crippen molar-refractivity contribution in [3.63, 3.8) is 0 Å². The van der Waals surface area contributed by atoms with E-state index in [4.69, 9.17) is 4.74 Å². The van der Waals surface area contributed by atoms with Crippen molar-refractivity contribution in [3.05, 3.63) is 45.1 Å². The van der Waals surface area contributed by atoms with Crippen LogP contribution < -0.4 is 25.8 Å². The Morgan fingerprint density at radius 3 is 2.41 bits per heavy atom. The number of benzene rings is 1. The van der Waals surface area contributed by atoms with Gasteiger partial charge in [-0.3, -0.25) is 28.4 Å². The normalized spacial score (nSPS) is 19.4. The van der Waals surface area contributed by atoms with Crippen LogP contribution in [0.1, 0.15) is 6.42 Å². The number of amides is 2. The van der Waals surface area contributed by atoms with Crippen LogP contribution in [0.15, 0.2) is 33.9 Å². The molecule has 2 aliphatic rings.